The minimum atomic E-state index is 0.0695. The fraction of sp³-hybridized carbons (Fsp3) is 0.400. The summed E-state index contributed by atoms with van der Waals surface area (Å²) in [6.07, 6.45) is 3.43. The highest BCUT2D eigenvalue weighted by Crippen LogP contribution is 2.28. The summed E-state index contributed by atoms with van der Waals surface area (Å²) >= 11 is 1.89. The molecule has 2 rings (SSSR count). The lowest BCUT2D eigenvalue weighted by Crippen LogP contribution is -2.36. The Morgan fingerprint density at radius 1 is 1.20 bits per heavy atom. The summed E-state index contributed by atoms with van der Waals surface area (Å²) in [6, 6.07) is 5.59. The number of nitrogens with zero attached hydrogens (tertiary/aromatic N) is 1. The molecular weight excluding hydrogens is 274 g/mol. The van der Waals surface area contributed by atoms with E-state index >= 15 is 0 Å². The normalized spacial score (nSPS) is 15.4. The van der Waals surface area contributed by atoms with Crippen molar-refractivity contribution in [3.05, 3.63) is 29.8 Å². The van der Waals surface area contributed by atoms with E-state index in [1.54, 1.807) is 20.3 Å². The lowest BCUT2D eigenvalue weighted by molar-refractivity contribution is -0.125. The van der Waals surface area contributed by atoms with Crippen molar-refractivity contribution in [3.63, 3.8) is 0 Å². The third kappa shape index (κ3) is 3.70. The molecule has 0 spiro atoms. The molecule has 1 heterocycles. The van der Waals surface area contributed by atoms with E-state index < -0.39 is 0 Å². The smallest absolute Gasteiger partial charge is 0.246 e. The third-order valence-corrected chi connectivity index (χ3v) is 4.09. The van der Waals surface area contributed by atoms with Gasteiger partial charge in [-0.2, -0.15) is 11.8 Å². The average Bonchev–Trinajstić information content (AvgIpc) is 2.53. The van der Waals surface area contributed by atoms with E-state index in [-0.39, 0.29) is 5.91 Å². The first-order chi connectivity index (χ1) is 9.74. The quantitative estimate of drug-likeness (QED) is 0.799. The highest BCUT2D eigenvalue weighted by Gasteiger charge is 2.13. The summed E-state index contributed by atoms with van der Waals surface area (Å²) in [7, 11) is 3.20. The molecule has 108 valence electrons. The van der Waals surface area contributed by atoms with E-state index in [1.807, 2.05) is 40.9 Å². The van der Waals surface area contributed by atoms with Gasteiger partial charge in [-0.25, -0.2) is 0 Å². The molecule has 0 unspecified atom stereocenters. The molecule has 0 aliphatic carbocycles. The molecule has 1 aromatic carbocycles. The lowest BCUT2D eigenvalue weighted by Gasteiger charge is -2.25. The highest BCUT2D eigenvalue weighted by atomic mass is 32.2. The molecular formula is C15H19NO3S. The molecule has 4 nitrogen and oxygen atoms in total. The summed E-state index contributed by atoms with van der Waals surface area (Å²) in [5.41, 5.74) is 0.919. The Morgan fingerprint density at radius 3 is 2.55 bits per heavy atom. The van der Waals surface area contributed by atoms with Crippen LogP contribution in [0.5, 0.6) is 11.5 Å². The Balaban J connectivity index is 2.04. The van der Waals surface area contributed by atoms with Crippen molar-refractivity contribution < 1.29 is 14.3 Å². The number of benzene rings is 1. The van der Waals surface area contributed by atoms with Crippen molar-refractivity contribution in [2.75, 3.05) is 38.8 Å². The third-order valence-electron chi connectivity index (χ3n) is 3.15. The Kier molecular flexibility index (Phi) is 5.35. The molecule has 0 aromatic heterocycles. The second-order valence-corrected chi connectivity index (χ2v) is 5.61. The van der Waals surface area contributed by atoms with Crippen molar-refractivity contribution in [3.8, 4) is 11.5 Å². The lowest BCUT2D eigenvalue weighted by atomic mass is 10.2. The standard InChI is InChI=1S/C15H19NO3S/c1-18-13-5-3-12(11-14(13)19-2)4-6-15(17)16-7-9-20-10-8-16/h3-6,11H,7-10H2,1-2H3/b6-4+. The summed E-state index contributed by atoms with van der Waals surface area (Å²) < 4.78 is 10.4. The number of methoxy groups -OCH3 is 2. The molecule has 1 aliphatic rings. The SMILES string of the molecule is COc1ccc(/C=C/C(=O)N2CCSCC2)cc1OC. The molecule has 5 heteroatoms. The molecule has 1 amide bonds. The first-order valence-electron chi connectivity index (χ1n) is 6.51. The van der Waals surface area contributed by atoms with Gasteiger partial charge >= 0.3 is 0 Å². The maximum atomic E-state index is 12.0. The number of carbonyl (C=O) groups is 1. The number of rotatable bonds is 4. The topological polar surface area (TPSA) is 38.8 Å². The van der Waals surface area contributed by atoms with Crippen LogP contribution in [0.4, 0.5) is 0 Å². The summed E-state index contributed by atoms with van der Waals surface area (Å²) in [4.78, 5) is 13.9. The second kappa shape index (κ2) is 7.24. The maximum Gasteiger partial charge on any atom is 0.246 e. The van der Waals surface area contributed by atoms with Gasteiger partial charge in [-0.1, -0.05) is 6.07 Å². The number of thioether (sulfide) groups is 1. The minimum absolute atomic E-state index is 0.0695. The van der Waals surface area contributed by atoms with Crippen molar-refractivity contribution in [2.45, 2.75) is 0 Å². The summed E-state index contributed by atoms with van der Waals surface area (Å²) in [5.74, 6) is 3.46. The van der Waals surface area contributed by atoms with Crippen LogP contribution in [0, 0.1) is 0 Å². The van der Waals surface area contributed by atoms with Gasteiger partial charge in [0.15, 0.2) is 11.5 Å². The molecule has 0 atom stereocenters. The zero-order valence-electron chi connectivity index (χ0n) is 11.8. The van der Waals surface area contributed by atoms with Crippen LogP contribution in [-0.2, 0) is 4.79 Å². The highest BCUT2D eigenvalue weighted by molar-refractivity contribution is 7.99. The molecule has 1 saturated heterocycles. The van der Waals surface area contributed by atoms with Crippen LogP contribution in [0.3, 0.4) is 0 Å². The van der Waals surface area contributed by atoms with E-state index in [9.17, 15) is 4.79 Å². The van der Waals surface area contributed by atoms with Gasteiger partial charge in [0.1, 0.15) is 0 Å². The van der Waals surface area contributed by atoms with Gasteiger partial charge in [-0.3, -0.25) is 4.79 Å². The van der Waals surface area contributed by atoms with Crippen molar-refractivity contribution >= 4 is 23.7 Å². The molecule has 1 aliphatic heterocycles. The Bertz CT molecular complexity index is 496. The molecule has 0 radical (unpaired) electrons. The maximum absolute atomic E-state index is 12.0. The number of carbonyl (C=O) groups excluding carboxylic acids is 1. The minimum Gasteiger partial charge on any atom is -0.493 e. The molecule has 0 saturated carbocycles. The van der Waals surface area contributed by atoms with Crippen LogP contribution in [-0.4, -0.2) is 49.6 Å². The summed E-state index contributed by atoms with van der Waals surface area (Å²) in [6.45, 7) is 1.67. The molecule has 0 bridgehead atoms. The Morgan fingerprint density at radius 2 is 1.90 bits per heavy atom. The van der Waals surface area contributed by atoms with Crippen LogP contribution in [0.25, 0.3) is 6.08 Å². The van der Waals surface area contributed by atoms with Crippen LogP contribution >= 0.6 is 11.8 Å². The number of amides is 1. The van der Waals surface area contributed by atoms with Crippen LogP contribution in [0.1, 0.15) is 5.56 Å². The fourth-order valence-corrected chi connectivity index (χ4v) is 2.92. The van der Waals surface area contributed by atoms with Gasteiger partial charge in [0.2, 0.25) is 5.91 Å². The van der Waals surface area contributed by atoms with E-state index in [2.05, 4.69) is 0 Å². The van der Waals surface area contributed by atoms with Gasteiger partial charge in [0.25, 0.3) is 0 Å². The van der Waals surface area contributed by atoms with Gasteiger partial charge in [-0.05, 0) is 23.8 Å². The summed E-state index contributed by atoms with van der Waals surface area (Å²) in [5, 5.41) is 0. The van der Waals surface area contributed by atoms with Crippen molar-refractivity contribution in [1.82, 2.24) is 4.90 Å². The van der Waals surface area contributed by atoms with Crippen molar-refractivity contribution in [2.24, 2.45) is 0 Å². The fourth-order valence-electron chi connectivity index (χ4n) is 2.01. The molecule has 1 fully saturated rings. The monoisotopic (exact) mass is 293 g/mol. The van der Waals surface area contributed by atoms with E-state index in [4.69, 9.17) is 9.47 Å². The predicted octanol–water partition coefficient (Wildman–Crippen LogP) is 2.29. The van der Waals surface area contributed by atoms with Crippen molar-refractivity contribution in [1.29, 1.82) is 0 Å². The van der Waals surface area contributed by atoms with E-state index in [0.717, 1.165) is 30.2 Å². The first kappa shape index (κ1) is 14.8. The van der Waals surface area contributed by atoms with Crippen LogP contribution in [0.15, 0.2) is 24.3 Å². The zero-order valence-corrected chi connectivity index (χ0v) is 12.6. The van der Waals surface area contributed by atoms with Crippen LogP contribution < -0.4 is 9.47 Å². The molecule has 20 heavy (non-hydrogen) atoms. The Hall–Kier alpha value is -1.62. The van der Waals surface area contributed by atoms with Gasteiger partial charge in [-0.15, -0.1) is 0 Å². The van der Waals surface area contributed by atoms with Gasteiger partial charge < -0.3 is 14.4 Å². The second-order valence-electron chi connectivity index (χ2n) is 4.39. The Labute approximate surface area is 123 Å². The number of hydrogen-bond acceptors (Lipinski definition) is 4. The van der Waals surface area contributed by atoms with Gasteiger partial charge in [0.05, 0.1) is 14.2 Å². The predicted molar refractivity (Wildman–Crippen MR) is 82.5 cm³/mol. The number of hydrogen-bond donors (Lipinski definition) is 0. The largest absolute Gasteiger partial charge is 0.493 e. The molecule has 0 N–H and O–H groups in total. The van der Waals surface area contributed by atoms with E-state index in [0.29, 0.717) is 11.5 Å². The zero-order chi connectivity index (χ0) is 14.4. The van der Waals surface area contributed by atoms with E-state index in [1.165, 1.54) is 0 Å². The van der Waals surface area contributed by atoms with Gasteiger partial charge in [0, 0.05) is 30.7 Å². The number of ether oxygens (including phenoxy) is 2. The average molecular weight is 293 g/mol. The molecule has 1 aromatic rings. The van der Waals surface area contributed by atoms with Crippen LogP contribution in [0.2, 0.25) is 0 Å². The first-order valence-corrected chi connectivity index (χ1v) is 7.67.